The number of carbonyl (C=O) groups excluding carboxylic acids is 2. The van der Waals surface area contributed by atoms with Crippen molar-refractivity contribution >= 4 is 34.0 Å². The first-order valence-corrected chi connectivity index (χ1v) is 16.1. The number of amides is 1. The molecule has 0 aliphatic carbocycles. The van der Waals surface area contributed by atoms with Gasteiger partial charge in [0.1, 0.15) is 12.4 Å². The fourth-order valence-corrected chi connectivity index (χ4v) is 6.76. The number of hydrogen-bond donors (Lipinski definition) is 1. The number of piperazine rings is 1. The Morgan fingerprint density at radius 3 is 2.73 bits per heavy atom. The zero-order chi connectivity index (χ0) is 31.3. The predicted molar refractivity (Wildman–Crippen MR) is 174 cm³/mol. The van der Waals surface area contributed by atoms with Crippen molar-refractivity contribution in [3.63, 3.8) is 0 Å². The molecule has 10 heteroatoms. The summed E-state index contributed by atoms with van der Waals surface area (Å²) in [5, 5.41) is 15.6. The molecule has 2 saturated heterocycles. The molecule has 234 valence electrons. The quantitative estimate of drug-likeness (QED) is 0.359. The zero-order valence-corrected chi connectivity index (χ0v) is 26.2. The number of allylic oxidation sites excluding steroid dienone is 1. The highest BCUT2D eigenvalue weighted by molar-refractivity contribution is 5.98. The van der Waals surface area contributed by atoms with Crippen molar-refractivity contribution < 1.29 is 14.3 Å². The number of rotatable bonds is 9. The second kappa shape index (κ2) is 13.7. The first kappa shape index (κ1) is 30.5. The minimum Gasteiger partial charge on any atom is -0.462 e. The number of hydrogen-bond acceptors (Lipinski definition) is 9. The fourth-order valence-electron chi connectivity index (χ4n) is 6.76. The number of nitrogens with zero attached hydrogens (tertiary/aromatic N) is 6. The number of ether oxygens (including phenoxy) is 1. The van der Waals surface area contributed by atoms with Gasteiger partial charge in [-0.3, -0.25) is 9.59 Å². The summed E-state index contributed by atoms with van der Waals surface area (Å²) >= 11 is 0. The van der Waals surface area contributed by atoms with Gasteiger partial charge in [0.15, 0.2) is 5.78 Å². The summed E-state index contributed by atoms with van der Waals surface area (Å²) in [4.78, 5) is 41.1. The molecule has 2 fully saturated rings. The first-order chi connectivity index (χ1) is 21.9. The molecule has 4 heterocycles. The molecule has 0 radical (unpaired) electrons. The average Bonchev–Trinajstić information content (AvgIpc) is 3.59. The molecule has 1 amide bonds. The summed E-state index contributed by atoms with van der Waals surface area (Å²) < 4.78 is 6.23. The standard InChI is InChI=1S/C35H41N7O3/c1-3-28(43)12-13-32(44)42-20-19-41(21-27(42)14-16-36)34-29-15-18-40(31-11-5-9-25-8-4-7-24(2)33(25)31)22-30(29)38-35(39-34)45-23-26-10-6-17-37-26/h4-5,7-9,11-13,26-27,37H,3,6,10,14-15,17-23H2,1-2H3/b13-12+/t26-,27-/m0/s1. The molecule has 3 aliphatic heterocycles. The largest absolute Gasteiger partial charge is 0.462 e. The second-order valence-electron chi connectivity index (χ2n) is 12.1. The Kier molecular flexibility index (Phi) is 9.26. The number of carbonyl (C=O) groups is 2. The maximum absolute atomic E-state index is 13.0. The van der Waals surface area contributed by atoms with E-state index < -0.39 is 0 Å². The van der Waals surface area contributed by atoms with Gasteiger partial charge in [-0.15, -0.1) is 0 Å². The molecule has 10 nitrogen and oxygen atoms in total. The molecule has 0 spiro atoms. The molecule has 0 unspecified atom stereocenters. The third-order valence-corrected chi connectivity index (χ3v) is 9.18. The summed E-state index contributed by atoms with van der Waals surface area (Å²) in [6, 6.07) is 15.5. The molecule has 45 heavy (non-hydrogen) atoms. The van der Waals surface area contributed by atoms with Crippen LogP contribution in [0.2, 0.25) is 0 Å². The number of aryl methyl sites for hydroxylation is 1. The number of ketones is 1. The second-order valence-corrected chi connectivity index (χ2v) is 12.1. The van der Waals surface area contributed by atoms with Crippen LogP contribution in [-0.2, 0) is 22.6 Å². The van der Waals surface area contributed by atoms with Crippen LogP contribution in [0.5, 0.6) is 6.01 Å². The van der Waals surface area contributed by atoms with Gasteiger partial charge in [0.05, 0.1) is 30.8 Å². The van der Waals surface area contributed by atoms with Gasteiger partial charge in [-0.2, -0.15) is 15.2 Å². The van der Waals surface area contributed by atoms with Crippen LogP contribution in [0.15, 0.2) is 48.6 Å². The lowest BCUT2D eigenvalue weighted by Gasteiger charge is -2.42. The molecule has 6 rings (SSSR count). The summed E-state index contributed by atoms with van der Waals surface area (Å²) in [5.74, 6) is 0.491. The fraction of sp³-hybridized carbons (Fsp3) is 0.457. The van der Waals surface area contributed by atoms with Crippen LogP contribution in [0.3, 0.4) is 0 Å². The molecule has 3 aromatic rings. The third kappa shape index (κ3) is 6.64. The van der Waals surface area contributed by atoms with Crippen molar-refractivity contribution in [1.29, 1.82) is 5.26 Å². The highest BCUT2D eigenvalue weighted by atomic mass is 16.5. The van der Waals surface area contributed by atoms with E-state index in [9.17, 15) is 14.9 Å². The third-order valence-electron chi connectivity index (χ3n) is 9.18. The molecule has 1 N–H and O–H groups in total. The highest BCUT2D eigenvalue weighted by Crippen LogP contribution is 2.36. The van der Waals surface area contributed by atoms with Gasteiger partial charge in [-0.25, -0.2) is 0 Å². The lowest BCUT2D eigenvalue weighted by Crippen LogP contribution is -2.55. The van der Waals surface area contributed by atoms with E-state index in [0.29, 0.717) is 45.2 Å². The van der Waals surface area contributed by atoms with Gasteiger partial charge in [0.25, 0.3) is 0 Å². The Hall–Kier alpha value is -4.49. The van der Waals surface area contributed by atoms with Gasteiger partial charge >= 0.3 is 6.01 Å². The summed E-state index contributed by atoms with van der Waals surface area (Å²) in [6.07, 6.45) is 6.18. The summed E-state index contributed by atoms with van der Waals surface area (Å²) in [7, 11) is 0. The summed E-state index contributed by atoms with van der Waals surface area (Å²) in [5.41, 5.74) is 4.49. The normalized spacial score (nSPS) is 20.0. The van der Waals surface area contributed by atoms with Crippen LogP contribution in [-0.4, -0.2) is 78.0 Å². The Labute approximate surface area is 264 Å². The van der Waals surface area contributed by atoms with Crippen LogP contribution >= 0.6 is 0 Å². The Morgan fingerprint density at radius 2 is 1.96 bits per heavy atom. The maximum atomic E-state index is 13.0. The van der Waals surface area contributed by atoms with E-state index in [4.69, 9.17) is 14.7 Å². The van der Waals surface area contributed by atoms with Crippen molar-refractivity contribution in [3.8, 4) is 12.1 Å². The van der Waals surface area contributed by atoms with Crippen LogP contribution in [0, 0.1) is 18.3 Å². The number of fused-ring (bicyclic) bond motifs is 2. The minimum atomic E-state index is -0.325. The SMILES string of the molecule is CCC(=O)/C=C/C(=O)N1CCN(c2nc(OC[C@@H]3CCCN3)nc3c2CCN(c2cccc4cccc(C)c24)C3)C[C@@H]1CC#N. The van der Waals surface area contributed by atoms with E-state index in [-0.39, 0.29) is 30.2 Å². The average molecular weight is 608 g/mol. The van der Waals surface area contributed by atoms with Gasteiger partial charge in [-0.1, -0.05) is 37.3 Å². The Balaban J connectivity index is 1.30. The van der Waals surface area contributed by atoms with E-state index in [0.717, 1.165) is 49.4 Å². The number of benzene rings is 2. The van der Waals surface area contributed by atoms with Crippen molar-refractivity contribution in [2.24, 2.45) is 0 Å². The molecule has 1 aromatic heterocycles. The van der Waals surface area contributed by atoms with Crippen molar-refractivity contribution in [3.05, 3.63) is 65.4 Å². The molecular formula is C35H41N7O3. The van der Waals surface area contributed by atoms with E-state index in [1.165, 1.54) is 34.2 Å². The first-order valence-electron chi connectivity index (χ1n) is 16.1. The van der Waals surface area contributed by atoms with Gasteiger partial charge in [0, 0.05) is 61.4 Å². The van der Waals surface area contributed by atoms with Crippen molar-refractivity contribution in [1.82, 2.24) is 20.2 Å². The number of aromatic nitrogens is 2. The van der Waals surface area contributed by atoms with E-state index in [1.807, 2.05) is 0 Å². The Bertz CT molecular complexity index is 1640. The minimum absolute atomic E-state index is 0.0977. The van der Waals surface area contributed by atoms with Crippen molar-refractivity contribution in [2.75, 3.05) is 49.1 Å². The van der Waals surface area contributed by atoms with E-state index >= 15 is 0 Å². The van der Waals surface area contributed by atoms with Crippen LogP contribution in [0.1, 0.15) is 49.4 Å². The Morgan fingerprint density at radius 1 is 1.11 bits per heavy atom. The van der Waals surface area contributed by atoms with Gasteiger partial charge in [0.2, 0.25) is 5.91 Å². The van der Waals surface area contributed by atoms with Crippen LogP contribution < -0.4 is 19.9 Å². The topological polar surface area (TPSA) is 115 Å². The number of nitriles is 1. The highest BCUT2D eigenvalue weighted by Gasteiger charge is 2.33. The maximum Gasteiger partial charge on any atom is 0.318 e. The lowest BCUT2D eigenvalue weighted by atomic mass is 9.99. The zero-order valence-electron chi connectivity index (χ0n) is 26.2. The van der Waals surface area contributed by atoms with E-state index in [1.54, 1.807) is 11.8 Å². The molecular weight excluding hydrogens is 566 g/mol. The number of nitrogens with one attached hydrogen (secondary N) is 1. The summed E-state index contributed by atoms with van der Waals surface area (Å²) in [6.45, 7) is 8.33. The molecule has 0 saturated carbocycles. The molecule has 3 aliphatic rings. The molecule has 2 atom stereocenters. The lowest BCUT2D eigenvalue weighted by molar-refractivity contribution is -0.128. The van der Waals surface area contributed by atoms with E-state index in [2.05, 4.69) is 64.5 Å². The monoisotopic (exact) mass is 607 g/mol. The van der Waals surface area contributed by atoms with Crippen LogP contribution in [0.25, 0.3) is 10.8 Å². The van der Waals surface area contributed by atoms with Crippen LogP contribution in [0.4, 0.5) is 11.5 Å². The van der Waals surface area contributed by atoms with Gasteiger partial charge in [-0.05, 0) is 55.8 Å². The van der Waals surface area contributed by atoms with Crippen molar-refractivity contribution in [2.45, 2.75) is 64.6 Å². The molecule has 0 bridgehead atoms. The van der Waals surface area contributed by atoms with Gasteiger partial charge < -0.3 is 24.8 Å². The molecule has 2 aromatic carbocycles. The predicted octanol–water partition coefficient (Wildman–Crippen LogP) is 4.10. The smallest absolute Gasteiger partial charge is 0.318 e. The number of anilines is 2.